The van der Waals surface area contributed by atoms with Crippen LogP contribution in [-0.2, 0) is 0 Å². The van der Waals surface area contributed by atoms with Crippen LogP contribution >= 0.6 is 0 Å². The lowest BCUT2D eigenvalue weighted by atomic mass is 9.89. The maximum Gasteiger partial charge on any atom is 0.308 e. The number of nitriles is 1. The van der Waals surface area contributed by atoms with E-state index in [1.807, 2.05) is 42.6 Å². The number of piperidine rings is 1. The first kappa shape index (κ1) is 19.5. The summed E-state index contributed by atoms with van der Waals surface area (Å²) in [5.41, 5.74) is 2.63. The number of hydrogen-bond acceptors (Lipinski definition) is 3. The molecule has 0 spiro atoms. The molecule has 136 valence electrons. The Kier molecular flexibility index (Phi) is 7.70. The van der Waals surface area contributed by atoms with Crippen LogP contribution < -0.4 is 4.74 Å². The zero-order valence-corrected chi connectivity index (χ0v) is 15.7. The summed E-state index contributed by atoms with van der Waals surface area (Å²) in [6.45, 7) is 9.73. The Morgan fingerprint density at radius 1 is 1.31 bits per heavy atom. The summed E-state index contributed by atoms with van der Waals surface area (Å²) in [7, 11) is 0. The molecular formula is C22H27N3O. The van der Waals surface area contributed by atoms with Crippen LogP contribution in [0.2, 0.25) is 0 Å². The number of rotatable bonds is 5. The molecule has 1 heterocycles. The molecule has 0 aromatic heterocycles. The minimum atomic E-state index is 0.392. The molecule has 0 N–H and O–H groups in total. The second-order valence-corrected chi connectivity index (χ2v) is 6.74. The monoisotopic (exact) mass is 349 g/mol. The molecule has 1 aromatic rings. The largest absolute Gasteiger partial charge is 0.425 e. The Labute approximate surface area is 156 Å². The first-order chi connectivity index (χ1) is 12.6. The van der Waals surface area contributed by atoms with Crippen molar-refractivity contribution in [1.82, 2.24) is 4.90 Å². The lowest BCUT2D eigenvalue weighted by Gasteiger charge is -2.33. The van der Waals surface area contributed by atoms with Crippen molar-refractivity contribution in [3.63, 3.8) is 0 Å². The number of likely N-dealkylation sites (tertiary alicyclic amines) is 1. The van der Waals surface area contributed by atoms with Crippen molar-refractivity contribution in [2.75, 3.05) is 13.1 Å². The van der Waals surface area contributed by atoms with E-state index in [0.29, 0.717) is 17.7 Å². The standard InChI is InChI=1S/C22H27N3O/c1-4-8-20(15-18(2)3)16-19-11-13-25(14-12-19)22(24-17-23)26-21-9-6-5-7-10-21/h4-10,15,19H,1,11-14,16H2,2-3H3/b20-8+,24-22?. The molecule has 26 heavy (non-hydrogen) atoms. The molecular weight excluding hydrogens is 322 g/mol. The highest BCUT2D eigenvalue weighted by atomic mass is 16.5. The number of hydrogen-bond donors (Lipinski definition) is 0. The minimum Gasteiger partial charge on any atom is -0.425 e. The van der Waals surface area contributed by atoms with Gasteiger partial charge in [0, 0.05) is 13.1 Å². The Hall–Kier alpha value is -2.80. The molecule has 2 rings (SSSR count). The molecule has 0 unspecified atom stereocenters. The molecule has 1 aliphatic heterocycles. The van der Waals surface area contributed by atoms with Gasteiger partial charge >= 0.3 is 6.02 Å². The highest BCUT2D eigenvalue weighted by Crippen LogP contribution is 2.26. The molecule has 0 saturated carbocycles. The van der Waals surface area contributed by atoms with Crippen molar-refractivity contribution in [2.24, 2.45) is 10.9 Å². The smallest absolute Gasteiger partial charge is 0.308 e. The van der Waals surface area contributed by atoms with Crippen LogP contribution in [0.3, 0.4) is 0 Å². The van der Waals surface area contributed by atoms with E-state index in [1.54, 1.807) is 0 Å². The zero-order chi connectivity index (χ0) is 18.8. The number of aliphatic imine (C=N–C) groups is 1. The summed E-state index contributed by atoms with van der Waals surface area (Å²) in [6.07, 6.45) is 11.2. The molecule has 1 saturated heterocycles. The number of benzene rings is 1. The summed E-state index contributed by atoms with van der Waals surface area (Å²) < 4.78 is 5.82. The van der Waals surface area contributed by atoms with E-state index < -0.39 is 0 Å². The van der Waals surface area contributed by atoms with Gasteiger partial charge in [-0.05, 0) is 56.7 Å². The molecule has 0 bridgehead atoms. The molecule has 1 aliphatic rings. The fourth-order valence-electron chi connectivity index (χ4n) is 3.15. The van der Waals surface area contributed by atoms with E-state index in [1.165, 1.54) is 11.1 Å². The van der Waals surface area contributed by atoms with Crippen molar-refractivity contribution in [1.29, 1.82) is 5.26 Å². The summed E-state index contributed by atoms with van der Waals surface area (Å²) in [5, 5.41) is 8.99. The summed E-state index contributed by atoms with van der Waals surface area (Å²) in [6, 6.07) is 9.87. The third-order valence-corrected chi connectivity index (χ3v) is 4.31. The quantitative estimate of drug-likeness (QED) is 0.322. The van der Waals surface area contributed by atoms with Gasteiger partial charge in [-0.1, -0.05) is 48.6 Å². The van der Waals surface area contributed by atoms with Gasteiger partial charge in [-0.2, -0.15) is 5.26 Å². The average Bonchev–Trinajstić information content (AvgIpc) is 2.63. The number of amidine groups is 1. The maximum atomic E-state index is 8.99. The predicted octanol–water partition coefficient (Wildman–Crippen LogP) is 5.08. The van der Waals surface area contributed by atoms with Crippen LogP contribution in [0, 0.1) is 17.4 Å². The van der Waals surface area contributed by atoms with Gasteiger partial charge in [0.25, 0.3) is 0 Å². The van der Waals surface area contributed by atoms with Gasteiger partial charge in [0.2, 0.25) is 6.19 Å². The second-order valence-electron chi connectivity index (χ2n) is 6.74. The molecule has 4 nitrogen and oxygen atoms in total. The summed E-state index contributed by atoms with van der Waals surface area (Å²) in [5.74, 6) is 1.32. The van der Waals surface area contributed by atoms with Crippen LogP contribution in [0.15, 0.2) is 71.3 Å². The first-order valence-electron chi connectivity index (χ1n) is 9.03. The van der Waals surface area contributed by atoms with Crippen LogP contribution in [0.5, 0.6) is 5.75 Å². The van der Waals surface area contributed by atoms with Gasteiger partial charge in [0.15, 0.2) is 0 Å². The molecule has 0 radical (unpaired) electrons. The van der Waals surface area contributed by atoms with Crippen LogP contribution in [0.1, 0.15) is 33.1 Å². The molecule has 4 heteroatoms. The topological polar surface area (TPSA) is 48.6 Å². The lowest BCUT2D eigenvalue weighted by molar-refractivity contribution is 0.237. The maximum absolute atomic E-state index is 8.99. The fourth-order valence-corrected chi connectivity index (χ4v) is 3.15. The van der Waals surface area contributed by atoms with Crippen molar-refractivity contribution in [2.45, 2.75) is 33.1 Å². The Morgan fingerprint density at radius 3 is 2.58 bits per heavy atom. The second kappa shape index (κ2) is 10.2. The fraction of sp³-hybridized carbons (Fsp3) is 0.364. The molecule has 0 atom stereocenters. The van der Waals surface area contributed by atoms with Gasteiger partial charge in [0.1, 0.15) is 5.75 Å². The zero-order valence-electron chi connectivity index (χ0n) is 15.7. The lowest BCUT2D eigenvalue weighted by Crippen LogP contribution is -2.41. The first-order valence-corrected chi connectivity index (χ1v) is 9.03. The molecule has 0 amide bonds. The van der Waals surface area contributed by atoms with E-state index in [-0.39, 0.29) is 0 Å². The van der Waals surface area contributed by atoms with Gasteiger partial charge in [0.05, 0.1) is 0 Å². The number of allylic oxidation sites excluding steroid dienone is 5. The summed E-state index contributed by atoms with van der Waals surface area (Å²) >= 11 is 0. The van der Waals surface area contributed by atoms with E-state index in [4.69, 9.17) is 10.00 Å². The highest BCUT2D eigenvalue weighted by Gasteiger charge is 2.23. The Morgan fingerprint density at radius 2 is 2.00 bits per heavy atom. The third-order valence-electron chi connectivity index (χ3n) is 4.31. The van der Waals surface area contributed by atoms with Crippen molar-refractivity contribution < 1.29 is 4.74 Å². The Balaban J connectivity index is 1.96. The van der Waals surface area contributed by atoms with Gasteiger partial charge in [-0.3, -0.25) is 0 Å². The van der Waals surface area contributed by atoms with Crippen molar-refractivity contribution in [3.8, 4) is 11.9 Å². The highest BCUT2D eigenvalue weighted by molar-refractivity contribution is 5.77. The minimum absolute atomic E-state index is 0.392. The number of para-hydroxylation sites is 1. The van der Waals surface area contributed by atoms with Gasteiger partial charge in [-0.15, -0.1) is 4.99 Å². The molecule has 1 fully saturated rings. The van der Waals surface area contributed by atoms with E-state index in [9.17, 15) is 0 Å². The normalized spacial score (nSPS) is 16.0. The Bertz CT molecular complexity index is 714. The SMILES string of the molecule is C=C/C=C(\C=C(C)C)CC1CCN(C(=NC#N)Oc2ccccc2)CC1. The third kappa shape index (κ3) is 6.25. The average molecular weight is 349 g/mol. The van der Waals surface area contributed by atoms with E-state index >= 15 is 0 Å². The van der Waals surface area contributed by atoms with Crippen LogP contribution in [-0.4, -0.2) is 24.0 Å². The summed E-state index contributed by atoms with van der Waals surface area (Å²) in [4.78, 5) is 5.95. The van der Waals surface area contributed by atoms with Crippen LogP contribution in [0.25, 0.3) is 0 Å². The van der Waals surface area contributed by atoms with Gasteiger partial charge in [-0.25, -0.2) is 0 Å². The van der Waals surface area contributed by atoms with Gasteiger partial charge < -0.3 is 9.64 Å². The van der Waals surface area contributed by atoms with Crippen molar-refractivity contribution >= 4 is 6.02 Å². The number of nitrogens with zero attached hydrogens (tertiary/aromatic N) is 3. The number of ether oxygens (including phenoxy) is 1. The van der Waals surface area contributed by atoms with Crippen LogP contribution in [0.4, 0.5) is 0 Å². The molecule has 0 aliphatic carbocycles. The molecule has 1 aromatic carbocycles. The van der Waals surface area contributed by atoms with E-state index in [2.05, 4.69) is 42.5 Å². The predicted molar refractivity (Wildman–Crippen MR) is 107 cm³/mol. The van der Waals surface area contributed by atoms with Crippen molar-refractivity contribution in [3.05, 3.63) is 66.3 Å². The van der Waals surface area contributed by atoms with E-state index in [0.717, 1.165) is 32.4 Å².